The lowest BCUT2D eigenvalue weighted by Gasteiger charge is -2.15. The minimum Gasteiger partial charge on any atom is -0.375 e. The number of hydrogen-bond acceptors (Lipinski definition) is 3. The highest BCUT2D eigenvalue weighted by Gasteiger charge is 2.14. The molecule has 2 aromatic carbocycles. The molecule has 3 N–H and O–H groups in total. The van der Waals surface area contributed by atoms with E-state index in [1.807, 2.05) is 48.5 Å². The number of primary amides is 1. The molecule has 0 saturated heterocycles. The van der Waals surface area contributed by atoms with Crippen LogP contribution in [0.5, 0.6) is 0 Å². The van der Waals surface area contributed by atoms with Crippen molar-refractivity contribution in [2.24, 2.45) is 5.73 Å². The molecule has 0 saturated carbocycles. The van der Waals surface area contributed by atoms with Gasteiger partial charge in [0.25, 0.3) is 0 Å². The van der Waals surface area contributed by atoms with Gasteiger partial charge in [-0.05, 0) is 24.1 Å². The summed E-state index contributed by atoms with van der Waals surface area (Å²) in [6.45, 7) is 1.44. The molecule has 2 rings (SSSR count). The summed E-state index contributed by atoms with van der Waals surface area (Å²) < 4.78 is 5.58. The van der Waals surface area contributed by atoms with Gasteiger partial charge in [0.15, 0.2) is 0 Å². The SMILES string of the molecule is NC(=O)[C@H](COCc1ccccc1)NCCc1ccccc1. The lowest BCUT2D eigenvalue weighted by Crippen LogP contribution is -2.45. The molecule has 4 nitrogen and oxygen atoms in total. The Morgan fingerprint density at radius 3 is 2.18 bits per heavy atom. The molecular weight excluding hydrogens is 276 g/mol. The van der Waals surface area contributed by atoms with Crippen molar-refractivity contribution in [2.75, 3.05) is 13.2 Å². The van der Waals surface area contributed by atoms with Crippen LogP contribution in [0.2, 0.25) is 0 Å². The molecule has 0 aromatic heterocycles. The molecule has 1 atom stereocenters. The lowest BCUT2D eigenvalue weighted by molar-refractivity contribution is -0.121. The molecule has 0 unspecified atom stereocenters. The van der Waals surface area contributed by atoms with E-state index in [0.717, 1.165) is 12.0 Å². The molecule has 22 heavy (non-hydrogen) atoms. The van der Waals surface area contributed by atoms with Gasteiger partial charge in [0, 0.05) is 0 Å². The van der Waals surface area contributed by atoms with Gasteiger partial charge >= 0.3 is 0 Å². The Morgan fingerprint density at radius 1 is 1.00 bits per heavy atom. The molecule has 0 radical (unpaired) electrons. The Labute approximate surface area is 131 Å². The van der Waals surface area contributed by atoms with Crippen molar-refractivity contribution in [2.45, 2.75) is 19.1 Å². The summed E-state index contributed by atoms with van der Waals surface area (Å²) in [7, 11) is 0. The van der Waals surface area contributed by atoms with Crippen LogP contribution in [0.3, 0.4) is 0 Å². The first-order chi connectivity index (χ1) is 10.8. The van der Waals surface area contributed by atoms with Crippen molar-refractivity contribution in [1.29, 1.82) is 0 Å². The van der Waals surface area contributed by atoms with Gasteiger partial charge in [-0.1, -0.05) is 60.7 Å². The minimum atomic E-state index is -0.465. The Bertz CT molecular complexity index is 512. The summed E-state index contributed by atoms with van der Waals surface area (Å²) in [6.07, 6.45) is 0.851. The first-order valence-electron chi connectivity index (χ1n) is 7.44. The maximum Gasteiger partial charge on any atom is 0.236 e. The Balaban J connectivity index is 1.72. The molecule has 4 heteroatoms. The zero-order valence-corrected chi connectivity index (χ0v) is 12.6. The van der Waals surface area contributed by atoms with E-state index in [9.17, 15) is 4.79 Å². The second-order valence-electron chi connectivity index (χ2n) is 5.15. The molecule has 0 aliphatic carbocycles. The van der Waals surface area contributed by atoms with Gasteiger partial charge < -0.3 is 15.8 Å². The van der Waals surface area contributed by atoms with E-state index in [1.165, 1.54) is 5.56 Å². The fourth-order valence-electron chi connectivity index (χ4n) is 2.15. The molecule has 0 spiro atoms. The Kier molecular flexibility index (Phi) is 6.61. The molecular formula is C18H22N2O2. The van der Waals surface area contributed by atoms with E-state index in [-0.39, 0.29) is 12.5 Å². The molecule has 1 amide bonds. The summed E-state index contributed by atoms with van der Waals surface area (Å²) in [5.74, 6) is -0.388. The van der Waals surface area contributed by atoms with Crippen LogP contribution < -0.4 is 11.1 Å². The molecule has 0 aliphatic heterocycles. The number of amides is 1. The minimum absolute atomic E-state index is 0.277. The summed E-state index contributed by atoms with van der Waals surface area (Å²) >= 11 is 0. The van der Waals surface area contributed by atoms with E-state index in [2.05, 4.69) is 17.4 Å². The molecule has 116 valence electrons. The molecule has 0 heterocycles. The number of ether oxygens (including phenoxy) is 1. The van der Waals surface area contributed by atoms with Gasteiger partial charge in [0.1, 0.15) is 6.04 Å². The third-order valence-corrected chi connectivity index (χ3v) is 3.39. The van der Waals surface area contributed by atoms with Crippen LogP contribution in [0.4, 0.5) is 0 Å². The largest absolute Gasteiger partial charge is 0.375 e. The van der Waals surface area contributed by atoms with Gasteiger partial charge in [-0.15, -0.1) is 0 Å². The summed E-state index contributed by atoms with van der Waals surface area (Å²) in [5.41, 5.74) is 7.72. The number of benzene rings is 2. The van der Waals surface area contributed by atoms with Crippen molar-refractivity contribution in [1.82, 2.24) is 5.32 Å². The van der Waals surface area contributed by atoms with E-state index in [4.69, 9.17) is 10.5 Å². The van der Waals surface area contributed by atoms with E-state index in [0.29, 0.717) is 13.2 Å². The third-order valence-electron chi connectivity index (χ3n) is 3.39. The zero-order valence-electron chi connectivity index (χ0n) is 12.6. The smallest absolute Gasteiger partial charge is 0.236 e. The highest BCUT2D eigenvalue weighted by Crippen LogP contribution is 2.02. The van der Waals surface area contributed by atoms with Gasteiger partial charge in [0.05, 0.1) is 13.2 Å². The second kappa shape index (κ2) is 8.97. The number of carbonyl (C=O) groups excluding carboxylic acids is 1. The Hall–Kier alpha value is -2.17. The lowest BCUT2D eigenvalue weighted by atomic mass is 10.1. The van der Waals surface area contributed by atoms with Crippen LogP contribution >= 0.6 is 0 Å². The fourth-order valence-corrected chi connectivity index (χ4v) is 2.15. The average Bonchev–Trinajstić information content (AvgIpc) is 2.55. The van der Waals surface area contributed by atoms with Crippen molar-refractivity contribution in [3.05, 3.63) is 71.8 Å². The Morgan fingerprint density at radius 2 is 1.59 bits per heavy atom. The summed E-state index contributed by atoms with van der Waals surface area (Å²) in [5, 5.41) is 3.15. The monoisotopic (exact) mass is 298 g/mol. The van der Waals surface area contributed by atoms with Crippen molar-refractivity contribution >= 4 is 5.91 Å². The average molecular weight is 298 g/mol. The van der Waals surface area contributed by atoms with Crippen molar-refractivity contribution < 1.29 is 9.53 Å². The maximum atomic E-state index is 11.5. The fraction of sp³-hybridized carbons (Fsp3) is 0.278. The zero-order chi connectivity index (χ0) is 15.6. The third kappa shape index (κ3) is 5.68. The molecule has 0 aliphatic rings. The normalized spacial score (nSPS) is 12.0. The quantitative estimate of drug-likeness (QED) is 0.743. The van der Waals surface area contributed by atoms with Crippen molar-refractivity contribution in [3.8, 4) is 0 Å². The number of hydrogen-bond donors (Lipinski definition) is 2. The van der Waals surface area contributed by atoms with Crippen LogP contribution in [0.25, 0.3) is 0 Å². The van der Waals surface area contributed by atoms with Crippen molar-refractivity contribution in [3.63, 3.8) is 0 Å². The number of carbonyl (C=O) groups is 1. The van der Waals surface area contributed by atoms with Crippen LogP contribution in [-0.4, -0.2) is 25.1 Å². The predicted molar refractivity (Wildman–Crippen MR) is 87.2 cm³/mol. The van der Waals surface area contributed by atoms with Gasteiger partial charge in [-0.25, -0.2) is 0 Å². The second-order valence-corrected chi connectivity index (χ2v) is 5.15. The van der Waals surface area contributed by atoms with Crippen LogP contribution in [0.1, 0.15) is 11.1 Å². The highest BCUT2D eigenvalue weighted by atomic mass is 16.5. The van der Waals surface area contributed by atoms with Gasteiger partial charge in [0.2, 0.25) is 5.91 Å². The molecule has 0 fully saturated rings. The molecule has 0 bridgehead atoms. The summed E-state index contributed by atoms with van der Waals surface area (Å²) in [4.78, 5) is 11.5. The predicted octanol–water partition coefficient (Wildman–Crippen LogP) is 1.89. The van der Waals surface area contributed by atoms with Crippen LogP contribution in [0.15, 0.2) is 60.7 Å². The number of nitrogens with one attached hydrogen (secondary N) is 1. The molecule has 2 aromatic rings. The van der Waals surface area contributed by atoms with Crippen LogP contribution in [0, 0.1) is 0 Å². The van der Waals surface area contributed by atoms with Crippen LogP contribution in [-0.2, 0) is 22.6 Å². The number of nitrogens with two attached hydrogens (primary N) is 1. The number of rotatable bonds is 9. The van der Waals surface area contributed by atoms with E-state index < -0.39 is 6.04 Å². The topological polar surface area (TPSA) is 64.4 Å². The van der Waals surface area contributed by atoms with Gasteiger partial charge in [-0.2, -0.15) is 0 Å². The maximum absolute atomic E-state index is 11.5. The van der Waals surface area contributed by atoms with E-state index >= 15 is 0 Å². The summed E-state index contributed by atoms with van der Waals surface area (Å²) in [6, 6.07) is 19.5. The standard InChI is InChI=1S/C18H22N2O2/c19-18(21)17(14-22-13-16-9-5-2-6-10-16)20-12-11-15-7-3-1-4-8-15/h1-10,17,20H,11-14H2,(H2,19,21)/t17-/m0/s1. The highest BCUT2D eigenvalue weighted by molar-refractivity contribution is 5.79. The van der Waals surface area contributed by atoms with Gasteiger partial charge in [-0.3, -0.25) is 4.79 Å². The first-order valence-corrected chi connectivity index (χ1v) is 7.44. The first kappa shape index (κ1) is 16.2. The van der Waals surface area contributed by atoms with E-state index in [1.54, 1.807) is 0 Å².